The number of nitrogens with zero attached hydrogens (tertiary/aromatic N) is 1. The Kier molecular flexibility index (Phi) is 4.21. The number of hydrogen-bond acceptors (Lipinski definition) is 2. The van der Waals surface area contributed by atoms with Gasteiger partial charge in [0, 0.05) is 27.6 Å². The van der Waals surface area contributed by atoms with E-state index in [0.29, 0.717) is 0 Å². The van der Waals surface area contributed by atoms with Crippen molar-refractivity contribution in [2.24, 2.45) is 5.16 Å². The van der Waals surface area contributed by atoms with Crippen LogP contribution in [0.4, 0.5) is 17.6 Å². The molecule has 2 nitrogen and oxygen atoms in total. The number of rotatable bonds is 2. The Labute approximate surface area is 144 Å². The normalized spacial score (nSPS) is 20.7. The molecule has 1 heterocycles. The molecule has 0 N–H and O–H groups in total. The van der Waals surface area contributed by atoms with Crippen LogP contribution in [0.25, 0.3) is 0 Å². The quantitative estimate of drug-likeness (QED) is 0.613. The Morgan fingerprint density at radius 3 is 2.29 bits per heavy atom. The highest BCUT2D eigenvalue weighted by molar-refractivity contribution is 6.34. The fourth-order valence-corrected chi connectivity index (χ4v) is 3.04. The minimum absolute atomic E-state index is 0.0112. The van der Waals surface area contributed by atoms with Gasteiger partial charge < -0.3 is 4.84 Å². The van der Waals surface area contributed by atoms with E-state index in [1.165, 1.54) is 24.3 Å². The molecule has 8 heteroatoms. The molecule has 1 atom stereocenters. The molecule has 24 heavy (non-hydrogen) atoms. The van der Waals surface area contributed by atoms with Crippen LogP contribution in [-0.4, -0.2) is 11.9 Å². The first-order valence-corrected chi connectivity index (χ1v) is 7.51. The van der Waals surface area contributed by atoms with Crippen molar-refractivity contribution in [1.82, 2.24) is 0 Å². The molecule has 0 aliphatic carbocycles. The maximum absolute atomic E-state index is 13.8. The SMILES string of the molecule is Fc1cccc(C2=NO[C@@](c3cc(Cl)cc(Cl)c3)(C(F)(F)F)C2)c1. The van der Waals surface area contributed by atoms with Gasteiger partial charge in [-0.3, -0.25) is 0 Å². The summed E-state index contributed by atoms with van der Waals surface area (Å²) in [5.41, 5.74) is -2.77. The first kappa shape index (κ1) is 17.0. The van der Waals surface area contributed by atoms with Crippen molar-refractivity contribution in [2.45, 2.75) is 18.2 Å². The summed E-state index contributed by atoms with van der Waals surface area (Å²) >= 11 is 11.6. The first-order chi connectivity index (χ1) is 11.2. The van der Waals surface area contributed by atoms with Crippen LogP contribution in [0.5, 0.6) is 0 Å². The molecule has 2 aromatic rings. The number of oxime groups is 1. The van der Waals surface area contributed by atoms with E-state index in [2.05, 4.69) is 5.16 Å². The zero-order chi connectivity index (χ0) is 17.5. The molecule has 0 saturated carbocycles. The van der Waals surface area contributed by atoms with Crippen LogP contribution < -0.4 is 0 Å². The summed E-state index contributed by atoms with van der Waals surface area (Å²) in [6.07, 6.45) is -5.39. The fraction of sp³-hybridized carbons (Fsp3) is 0.188. The summed E-state index contributed by atoms with van der Waals surface area (Å²) in [7, 11) is 0. The van der Waals surface area contributed by atoms with Crippen molar-refractivity contribution in [2.75, 3.05) is 0 Å². The molecular formula is C16H9Cl2F4NO. The standard InChI is InChI=1S/C16H9Cl2F4NO/c17-11-5-10(6-12(18)7-11)15(16(20,21)22)8-14(23-24-15)9-2-1-3-13(19)4-9/h1-7H,8H2/t15-/m0/s1. The van der Waals surface area contributed by atoms with Crippen molar-refractivity contribution in [1.29, 1.82) is 0 Å². The summed E-state index contributed by atoms with van der Waals surface area (Å²) in [4.78, 5) is 4.83. The van der Waals surface area contributed by atoms with Gasteiger partial charge in [0.2, 0.25) is 0 Å². The van der Waals surface area contributed by atoms with E-state index in [-0.39, 0.29) is 26.9 Å². The first-order valence-electron chi connectivity index (χ1n) is 6.75. The summed E-state index contributed by atoms with van der Waals surface area (Å²) in [6, 6.07) is 8.71. The highest BCUT2D eigenvalue weighted by atomic mass is 35.5. The van der Waals surface area contributed by atoms with Crippen molar-refractivity contribution < 1.29 is 22.4 Å². The van der Waals surface area contributed by atoms with E-state index in [9.17, 15) is 17.6 Å². The molecule has 1 aliphatic rings. The number of alkyl halides is 3. The zero-order valence-corrected chi connectivity index (χ0v) is 13.4. The van der Waals surface area contributed by atoms with Crippen LogP contribution in [0.1, 0.15) is 17.5 Å². The lowest BCUT2D eigenvalue weighted by molar-refractivity contribution is -0.275. The number of hydrogen-bond donors (Lipinski definition) is 0. The van der Waals surface area contributed by atoms with Crippen LogP contribution in [0.3, 0.4) is 0 Å². The molecule has 0 fully saturated rings. The monoisotopic (exact) mass is 377 g/mol. The Balaban J connectivity index is 2.05. The van der Waals surface area contributed by atoms with Gasteiger partial charge in [0.25, 0.3) is 5.60 Å². The van der Waals surface area contributed by atoms with E-state index in [0.717, 1.165) is 18.2 Å². The average molecular weight is 378 g/mol. The molecule has 3 rings (SSSR count). The highest BCUT2D eigenvalue weighted by Crippen LogP contribution is 2.49. The molecule has 0 aromatic heterocycles. The minimum Gasteiger partial charge on any atom is -0.374 e. The lowest BCUT2D eigenvalue weighted by Gasteiger charge is -2.29. The van der Waals surface area contributed by atoms with E-state index < -0.39 is 24.0 Å². The molecule has 0 unspecified atom stereocenters. The zero-order valence-electron chi connectivity index (χ0n) is 11.9. The van der Waals surface area contributed by atoms with Gasteiger partial charge in [-0.25, -0.2) is 4.39 Å². The van der Waals surface area contributed by atoms with Crippen LogP contribution in [0.2, 0.25) is 10.0 Å². The largest absolute Gasteiger partial charge is 0.435 e. The van der Waals surface area contributed by atoms with Gasteiger partial charge in [-0.1, -0.05) is 40.5 Å². The van der Waals surface area contributed by atoms with Gasteiger partial charge in [-0.2, -0.15) is 13.2 Å². The second-order valence-electron chi connectivity index (χ2n) is 5.30. The number of benzene rings is 2. The Bertz CT molecular complexity index is 802. The van der Waals surface area contributed by atoms with Gasteiger partial charge in [0.1, 0.15) is 5.82 Å². The van der Waals surface area contributed by atoms with Crippen molar-refractivity contribution in [3.63, 3.8) is 0 Å². The molecule has 0 spiro atoms. The molecule has 0 bridgehead atoms. The molecule has 0 saturated heterocycles. The van der Waals surface area contributed by atoms with Crippen LogP contribution in [-0.2, 0) is 10.4 Å². The molecule has 0 radical (unpaired) electrons. The third kappa shape index (κ3) is 2.96. The van der Waals surface area contributed by atoms with E-state index in [1.54, 1.807) is 0 Å². The van der Waals surface area contributed by atoms with Gasteiger partial charge in [0.15, 0.2) is 0 Å². The van der Waals surface area contributed by atoms with Gasteiger partial charge in [-0.05, 0) is 30.3 Å². The predicted molar refractivity (Wildman–Crippen MR) is 82.8 cm³/mol. The second-order valence-corrected chi connectivity index (χ2v) is 6.17. The Morgan fingerprint density at radius 2 is 1.71 bits per heavy atom. The van der Waals surface area contributed by atoms with Crippen LogP contribution >= 0.6 is 23.2 Å². The van der Waals surface area contributed by atoms with Crippen molar-refractivity contribution in [3.8, 4) is 0 Å². The lowest BCUT2D eigenvalue weighted by atomic mass is 9.86. The van der Waals surface area contributed by atoms with Crippen LogP contribution in [0.15, 0.2) is 47.6 Å². The van der Waals surface area contributed by atoms with E-state index >= 15 is 0 Å². The topological polar surface area (TPSA) is 21.6 Å². The molecule has 0 amide bonds. The van der Waals surface area contributed by atoms with E-state index in [1.807, 2.05) is 0 Å². The Morgan fingerprint density at radius 1 is 1.04 bits per heavy atom. The second kappa shape index (κ2) is 5.93. The van der Waals surface area contributed by atoms with E-state index in [4.69, 9.17) is 28.0 Å². The average Bonchev–Trinajstić information content (AvgIpc) is 2.92. The maximum Gasteiger partial charge on any atom is 0.435 e. The smallest absolute Gasteiger partial charge is 0.374 e. The third-order valence-electron chi connectivity index (χ3n) is 3.67. The molecule has 126 valence electrons. The minimum atomic E-state index is -4.78. The maximum atomic E-state index is 13.8. The lowest BCUT2D eigenvalue weighted by Crippen LogP contribution is -2.42. The molecule has 1 aliphatic heterocycles. The molecule has 2 aromatic carbocycles. The number of halogens is 6. The summed E-state index contributed by atoms with van der Waals surface area (Å²) in [5, 5.41) is 3.64. The summed E-state index contributed by atoms with van der Waals surface area (Å²) in [6.45, 7) is 0. The van der Waals surface area contributed by atoms with Gasteiger partial charge in [-0.15, -0.1) is 0 Å². The summed E-state index contributed by atoms with van der Waals surface area (Å²) < 4.78 is 54.6. The fourth-order valence-electron chi connectivity index (χ4n) is 2.51. The Hall–Kier alpha value is -1.79. The van der Waals surface area contributed by atoms with Gasteiger partial charge in [0.05, 0.1) is 5.71 Å². The molecular weight excluding hydrogens is 369 g/mol. The summed E-state index contributed by atoms with van der Waals surface area (Å²) in [5.74, 6) is -0.578. The highest BCUT2D eigenvalue weighted by Gasteiger charge is 2.62. The van der Waals surface area contributed by atoms with Crippen molar-refractivity contribution >= 4 is 28.9 Å². The van der Waals surface area contributed by atoms with Gasteiger partial charge >= 0.3 is 6.18 Å². The third-order valence-corrected chi connectivity index (χ3v) is 4.11. The predicted octanol–water partition coefficient (Wildman–Crippen LogP) is 5.71. The van der Waals surface area contributed by atoms with Crippen LogP contribution in [0, 0.1) is 5.82 Å². The van der Waals surface area contributed by atoms with Crippen molar-refractivity contribution in [3.05, 3.63) is 69.5 Å².